The molecule has 0 spiro atoms. The van der Waals surface area contributed by atoms with Crippen LogP contribution in [0.3, 0.4) is 0 Å². The molecular formula is C21H25FN4O4S. The molecule has 2 heterocycles. The van der Waals surface area contributed by atoms with Gasteiger partial charge in [0.25, 0.3) is 0 Å². The molecule has 0 bridgehead atoms. The predicted molar refractivity (Wildman–Crippen MR) is 112 cm³/mol. The number of alkyl carbamates (subject to hydrolysis) is 1. The highest BCUT2D eigenvalue weighted by atomic mass is 32.2. The van der Waals surface area contributed by atoms with Crippen LogP contribution in [0.2, 0.25) is 0 Å². The molecule has 2 saturated carbocycles. The molecule has 1 amide bonds. The number of benzene rings is 1. The van der Waals surface area contributed by atoms with Gasteiger partial charge in [-0.3, -0.25) is 5.10 Å². The Kier molecular flexibility index (Phi) is 4.72. The fourth-order valence-electron chi connectivity index (χ4n) is 4.39. The van der Waals surface area contributed by atoms with E-state index in [1.54, 1.807) is 18.2 Å². The quantitative estimate of drug-likeness (QED) is 0.645. The Bertz CT molecular complexity index is 1140. The normalized spacial score (nSPS) is 25.1. The summed E-state index contributed by atoms with van der Waals surface area (Å²) in [5.41, 5.74) is 1.37. The number of H-pyrrole nitrogens is 1. The van der Waals surface area contributed by atoms with Crippen LogP contribution in [0.15, 0.2) is 23.1 Å². The fraction of sp³-hybridized carbons (Fsp3) is 0.524. The van der Waals surface area contributed by atoms with E-state index in [0.717, 1.165) is 31.4 Å². The van der Waals surface area contributed by atoms with Gasteiger partial charge in [0.15, 0.2) is 21.5 Å². The molecule has 5 rings (SSSR count). The van der Waals surface area contributed by atoms with Gasteiger partial charge in [0.1, 0.15) is 11.0 Å². The molecule has 0 saturated heterocycles. The van der Waals surface area contributed by atoms with Gasteiger partial charge in [0.05, 0.1) is 11.4 Å². The molecule has 3 aliphatic rings. The molecule has 1 aromatic heterocycles. The lowest BCUT2D eigenvalue weighted by Gasteiger charge is -2.16. The lowest BCUT2D eigenvalue weighted by Crippen LogP contribution is -2.36. The molecule has 2 atom stereocenters. The number of aromatic amines is 1. The zero-order valence-electron chi connectivity index (χ0n) is 17.2. The SMILES string of the molecule is CC1(NC(=O)OC2CCC(c3cc(Nc4ccc5c(c4F)S(=O)(=O)CC5)n[nH]3)C2)CC1. The number of anilines is 2. The number of nitrogens with one attached hydrogen (secondary N) is 3. The Labute approximate surface area is 179 Å². The maximum atomic E-state index is 14.8. The summed E-state index contributed by atoms with van der Waals surface area (Å²) < 4.78 is 44.6. The van der Waals surface area contributed by atoms with E-state index in [1.165, 1.54) is 0 Å². The van der Waals surface area contributed by atoms with Crippen LogP contribution < -0.4 is 10.6 Å². The van der Waals surface area contributed by atoms with Crippen molar-refractivity contribution in [2.45, 2.75) is 67.9 Å². The third-order valence-electron chi connectivity index (χ3n) is 6.49. The number of sulfone groups is 1. The number of hydrogen-bond donors (Lipinski definition) is 3. The van der Waals surface area contributed by atoms with Crippen molar-refractivity contribution in [1.82, 2.24) is 15.5 Å². The van der Waals surface area contributed by atoms with Gasteiger partial charge < -0.3 is 15.4 Å². The van der Waals surface area contributed by atoms with Crippen LogP contribution in [0.5, 0.6) is 0 Å². The summed E-state index contributed by atoms with van der Waals surface area (Å²) in [6, 6.07) is 4.98. The first-order chi connectivity index (χ1) is 14.7. The Morgan fingerprint density at radius 1 is 1.32 bits per heavy atom. The van der Waals surface area contributed by atoms with Crippen LogP contribution in [-0.2, 0) is 21.0 Å². The molecule has 0 radical (unpaired) electrons. The van der Waals surface area contributed by atoms with E-state index >= 15 is 0 Å². The maximum absolute atomic E-state index is 14.8. The summed E-state index contributed by atoms with van der Waals surface area (Å²) >= 11 is 0. The van der Waals surface area contributed by atoms with E-state index in [-0.39, 0.29) is 40.0 Å². The van der Waals surface area contributed by atoms with E-state index in [2.05, 4.69) is 20.8 Å². The highest BCUT2D eigenvalue weighted by Gasteiger charge is 2.40. The van der Waals surface area contributed by atoms with Crippen LogP contribution in [0, 0.1) is 5.82 Å². The monoisotopic (exact) mass is 448 g/mol. The Morgan fingerprint density at radius 2 is 2.13 bits per heavy atom. The minimum absolute atomic E-state index is 0.0581. The molecule has 1 aromatic carbocycles. The molecule has 8 nitrogen and oxygen atoms in total. The molecule has 31 heavy (non-hydrogen) atoms. The summed E-state index contributed by atoms with van der Waals surface area (Å²) in [5, 5.41) is 13.0. The Hall–Kier alpha value is -2.62. The van der Waals surface area contributed by atoms with Gasteiger partial charge in [-0.25, -0.2) is 17.6 Å². The van der Waals surface area contributed by atoms with Crippen LogP contribution in [0.1, 0.15) is 56.2 Å². The highest BCUT2D eigenvalue weighted by Crippen LogP contribution is 2.38. The summed E-state index contributed by atoms with van der Waals surface area (Å²) in [4.78, 5) is 11.8. The van der Waals surface area contributed by atoms with E-state index in [0.29, 0.717) is 24.2 Å². The number of carbonyl (C=O) groups excluding carboxylic acids is 1. The van der Waals surface area contributed by atoms with E-state index in [1.807, 2.05) is 6.92 Å². The minimum Gasteiger partial charge on any atom is -0.446 e. The molecule has 2 aliphatic carbocycles. The fourth-order valence-corrected chi connectivity index (χ4v) is 6.03. The lowest BCUT2D eigenvalue weighted by atomic mass is 10.0. The Morgan fingerprint density at radius 3 is 2.90 bits per heavy atom. The molecule has 2 unspecified atom stereocenters. The molecule has 10 heteroatoms. The van der Waals surface area contributed by atoms with Crippen LogP contribution >= 0.6 is 0 Å². The van der Waals surface area contributed by atoms with Crippen LogP contribution in [0.4, 0.5) is 20.7 Å². The molecule has 2 fully saturated rings. The van der Waals surface area contributed by atoms with Gasteiger partial charge >= 0.3 is 6.09 Å². The number of aryl methyl sites for hydroxylation is 1. The van der Waals surface area contributed by atoms with Crippen molar-refractivity contribution in [2.75, 3.05) is 11.1 Å². The number of rotatable bonds is 5. The summed E-state index contributed by atoms with van der Waals surface area (Å²) in [6.45, 7) is 2.00. The number of hydrogen-bond acceptors (Lipinski definition) is 6. The number of halogens is 1. The lowest BCUT2D eigenvalue weighted by molar-refractivity contribution is 0.0967. The van der Waals surface area contributed by atoms with Gasteiger partial charge in [0, 0.05) is 23.2 Å². The van der Waals surface area contributed by atoms with Gasteiger partial charge in [-0.2, -0.15) is 5.10 Å². The van der Waals surface area contributed by atoms with Gasteiger partial charge in [-0.05, 0) is 57.1 Å². The summed E-state index contributed by atoms with van der Waals surface area (Å²) in [7, 11) is -3.57. The third kappa shape index (κ3) is 4.00. The second-order valence-corrected chi connectivity index (χ2v) is 11.1. The van der Waals surface area contributed by atoms with E-state index < -0.39 is 15.7 Å². The van der Waals surface area contributed by atoms with Crippen molar-refractivity contribution in [2.24, 2.45) is 0 Å². The third-order valence-corrected chi connectivity index (χ3v) is 8.30. The van der Waals surface area contributed by atoms with Gasteiger partial charge in [-0.15, -0.1) is 0 Å². The zero-order chi connectivity index (χ0) is 21.8. The van der Waals surface area contributed by atoms with Crippen molar-refractivity contribution in [3.8, 4) is 0 Å². The first-order valence-corrected chi connectivity index (χ1v) is 12.2. The van der Waals surface area contributed by atoms with Crippen molar-refractivity contribution >= 4 is 27.4 Å². The largest absolute Gasteiger partial charge is 0.446 e. The number of aromatic nitrogens is 2. The topological polar surface area (TPSA) is 113 Å². The van der Waals surface area contributed by atoms with Crippen molar-refractivity contribution in [1.29, 1.82) is 0 Å². The second-order valence-electron chi connectivity index (χ2n) is 9.04. The first kappa shape index (κ1) is 20.3. The summed E-state index contributed by atoms with van der Waals surface area (Å²) in [6.07, 6.45) is 4.11. The summed E-state index contributed by atoms with van der Waals surface area (Å²) in [5.74, 6) is -0.253. The van der Waals surface area contributed by atoms with Crippen molar-refractivity contribution in [3.05, 3.63) is 35.3 Å². The standard InChI is InChI=1S/C21H25FN4O4S/c1-21(7-8-21)24-20(27)30-14-4-2-13(10-14)16-11-17(26-25-16)23-15-5-3-12-6-9-31(28,29)19(12)18(15)22/h3,5,11,13-14H,2,4,6-10H2,1H3,(H,24,27)(H2,23,25,26). The molecule has 3 N–H and O–H groups in total. The number of carbonyl (C=O) groups is 1. The van der Waals surface area contributed by atoms with E-state index in [4.69, 9.17) is 4.74 Å². The predicted octanol–water partition coefficient (Wildman–Crippen LogP) is 3.54. The average molecular weight is 449 g/mol. The first-order valence-electron chi connectivity index (χ1n) is 10.6. The number of ether oxygens (including phenoxy) is 1. The van der Waals surface area contributed by atoms with Gasteiger partial charge in [-0.1, -0.05) is 6.07 Å². The van der Waals surface area contributed by atoms with Crippen molar-refractivity contribution in [3.63, 3.8) is 0 Å². The molecule has 166 valence electrons. The number of nitrogens with zero attached hydrogens (tertiary/aromatic N) is 1. The molecular weight excluding hydrogens is 423 g/mol. The number of fused-ring (bicyclic) bond motifs is 1. The highest BCUT2D eigenvalue weighted by molar-refractivity contribution is 7.91. The Balaban J connectivity index is 1.23. The van der Waals surface area contributed by atoms with Crippen LogP contribution in [-0.4, -0.2) is 42.1 Å². The minimum atomic E-state index is -3.57. The van der Waals surface area contributed by atoms with Crippen LogP contribution in [0.25, 0.3) is 0 Å². The molecule has 1 aliphatic heterocycles. The van der Waals surface area contributed by atoms with E-state index in [9.17, 15) is 17.6 Å². The molecule has 2 aromatic rings. The average Bonchev–Trinajstić information content (AvgIpc) is 3.08. The zero-order valence-corrected chi connectivity index (χ0v) is 18.0. The van der Waals surface area contributed by atoms with Gasteiger partial charge in [0.2, 0.25) is 0 Å². The smallest absolute Gasteiger partial charge is 0.407 e. The maximum Gasteiger partial charge on any atom is 0.407 e. The van der Waals surface area contributed by atoms with Crippen molar-refractivity contribution < 1.29 is 22.3 Å². The number of amides is 1. The second kappa shape index (κ2) is 7.22.